The van der Waals surface area contributed by atoms with Crippen LogP contribution < -0.4 is 0 Å². The maximum atomic E-state index is 14.1. The molecule has 38 heavy (non-hydrogen) atoms. The first-order valence-electron chi connectivity index (χ1n) is 12.9. The summed E-state index contributed by atoms with van der Waals surface area (Å²) in [6.45, 7) is 6.09. The molecule has 0 unspecified atom stereocenters. The van der Waals surface area contributed by atoms with Crippen LogP contribution in [0.15, 0.2) is 60.7 Å². The summed E-state index contributed by atoms with van der Waals surface area (Å²) in [7, 11) is 1.47. The Bertz CT molecular complexity index is 1210. The van der Waals surface area contributed by atoms with Crippen molar-refractivity contribution in [2.75, 3.05) is 7.11 Å². The molecule has 5 atom stereocenters. The Morgan fingerprint density at radius 2 is 1.53 bits per heavy atom. The summed E-state index contributed by atoms with van der Waals surface area (Å²) in [5, 5.41) is 0. The lowest BCUT2D eigenvalue weighted by atomic mass is 9.48. The molecule has 1 saturated carbocycles. The molecule has 2 aromatic rings. The molecule has 0 aromatic heterocycles. The number of esters is 3. The molecule has 2 heterocycles. The van der Waals surface area contributed by atoms with E-state index in [4.69, 9.17) is 23.7 Å². The van der Waals surface area contributed by atoms with Crippen LogP contribution in [0.4, 0.5) is 0 Å². The van der Waals surface area contributed by atoms with Crippen molar-refractivity contribution in [3.8, 4) is 0 Å². The van der Waals surface area contributed by atoms with E-state index in [0.717, 1.165) is 11.1 Å². The second-order valence-corrected chi connectivity index (χ2v) is 11.4. The molecule has 0 radical (unpaired) electrons. The van der Waals surface area contributed by atoms with Crippen molar-refractivity contribution in [3.05, 3.63) is 71.8 Å². The minimum absolute atomic E-state index is 0.0257. The highest BCUT2D eigenvalue weighted by molar-refractivity contribution is 5.91. The lowest BCUT2D eigenvalue weighted by Gasteiger charge is -2.67. The normalized spacial score (nSPS) is 31.5. The highest BCUT2D eigenvalue weighted by Gasteiger charge is 2.90. The molecule has 0 spiro atoms. The maximum absolute atomic E-state index is 14.1. The number of fused-ring (bicyclic) bond motifs is 3. The molecule has 8 heteroatoms. The zero-order valence-electron chi connectivity index (χ0n) is 22.2. The smallest absolute Gasteiger partial charge is 0.317 e. The first-order chi connectivity index (χ1) is 18.1. The van der Waals surface area contributed by atoms with Crippen molar-refractivity contribution in [2.24, 2.45) is 16.2 Å². The van der Waals surface area contributed by atoms with Crippen LogP contribution in [-0.4, -0.2) is 43.0 Å². The fraction of sp³-hybridized carbons (Fsp3) is 0.500. The SMILES string of the molecule is CO[C@H]1O[C@@]2(C(C)(C)C)C[C@@H]3OC(=O)C[C@]3(C(=O)OCc3ccccc3)[C@@]12CC(=O)OCc1ccccc1. The second-order valence-electron chi connectivity index (χ2n) is 11.4. The van der Waals surface area contributed by atoms with Gasteiger partial charge < -0.3 is 23.7 Å². The third-order valence-electron chi connectivity index (χ3n) is 8.62. The number of hydrogen-bond acceptors (Lipinski definition) is 8. The van der Waals surface area contributed by atoms with E-state index in [-0.39, 0.29) is 32.5 Å². The minimum Gasteiger partial charge on any atom is -0.461 e. The van der Waals surface area contributed by atoms with Gasteiger partial charge in [-0.1, -0.05) is 81.4 Å². The van der Waals surface area contributed by atoms with Crippen LogP contribution in [0.3, 0.4) is 0 Å². The topological polar surface area (TPSA) is 97.4 Å². The number of ether oxygens (including phenoxy) is 5. The molecular weight excluding hydrogens is 488 g/mol. The zero-order chi connectivity index (χ0) is 27.2. The van der Waals surface area contributed by atoms with E-state index in [1.54, 1.807) is 0 Å². The van der Waals surface area contributed by atoms with Crippen molar-refractivity contribution in [3.63, 3.8) is 0 Å². The van der Waals surface area contributed by atoms with Crippen LogP contribution in [0.25, 0.3) is 0 Å². The van der Waals surface area contributed by atoms with Crippen LogP contribution in [0.2, 0.25) is 0 Å². The number of carbonyl (C=O) groups excluding carboxylic acids is 3. The molecule has 2 saturated heterocycles. The van der Waals surface area contributed by atoms with Gasteiger partial charge in [0, 0.05) is 13.5 Å². The van der Waals surface area contributed by atoms with Gasteiger partial charge in [-0.2, -0.15) is 0 Å². The summed E-state index contributed by atoms with van der Waals surface area (Å²) < 4.78 is 29.5. The summed E-state index contributed by atoms with van der Waals surface area (Å²) in [4.78, 5) is 40.4. The summed E-state index contributed by atoms with van der Waals surface area (Å²) in [5.74, 6) is -1.61. The quantitative estimate of drug-likeness (QED) is 0.373. The van der Waals surface area contributed by atoms with Gasteiger partial charge in [-0.05, 0) is 16.5 Å². The molecule has 0 amide bonds. The van der Waals surface area contributed by atoms with E-state index in [9.17, 15) is 14.4 Å². The predicted molar refractivity (Wildman–Crippen MR) is 135 cm³/mol. The Hall–Kier alpha value is -3.23. The molecule has 2 aliphatic heterocycles. The lowest BCUT2D eigenvalue weighted by Crippen LogP contribution is -2.77. The van der Waals surface area contributed by atoms with Gasteiger partial charge in [0.1, 0.15) is 24.7 Å². The van der Waals surface area contributed by atoms with Crippen molar-refractivity contribution in [1.29, 1.82) is 0 Å². The third-order valence-corrected chi connectivity index (χ3v) is 8.62. The molecule has 3 aliphatic rings. The van der Waals surface area contributed by atoms with Crippen LogP contribution >= 0.6 is 0 Å². The fourth-order valence-electron chi connectivity index (χ4n) is 6.93. The third kappa shape index (κ3) is 3.76. The maximum Gasteiger partial charge on any atom is 0.317 e. The van der Waals surface area contributed by atoms with Gasteiger partial charge in [-0.3, -0.25) is 14.4 Å². The van der Waals surface area contributed by atoms with Crippen molar-refractivity contribution in [1.82, 2.24) is 0 Å². The van der Waals surface area contributed by atoms with Gasteiger partial charge in [0.2, 0.25) is 0 Å². The van der Waals surface area contributed by atoms with E-state index in [1.807, 2.05) is 81.4 Å². The summed E-state index contributed by atoms with van der Waals surface area (Å²) in [6, 6.07) is 18.7. The Balaban J connectivity index is 1.53. The molecule has 3 fully saturated rings. The van der Waals surface area contributed by atoms with E-state index >= 15 is 0 Å². The standard InChI is InChI=1S/C30H34O8/c1-27(2,3)30-15-22-28(16-24(32)37-22,25(33)36-19-21-13-9-6-10-14-21)29(30,26(34-4)38-30)17-23(31)35-18-20-11-7-5-8-12-20/h5-14,22,26H,15-19H2,1-4H3/t22-,26-,28-,29+,30+/m0/s1. The monoisotopic (exact) mass is 522 g/mol. The van der Waals surface area contributed by atoms with Crippen molar-refractivity contribution < 1.29 is 38.1 Å². The Morgan fingerprint density at radius 1 is 0.947 bits per heavy atom. The first kappa shape index (κ1) is 26.4. The average molecular weight is 523 g/mol. The fourth-order valence-corrected chi connectivity index (χ4v) is 6.93. The molecular formula is C30H34O8. The first-order valence-corrected chi connectivity index (χ1v) is 12.9. The Kier molecular flexibility index (Phi) is 6.60. The number of carbonyl (C=O) groups is 3. The molecule has 0 bridgehead atoms. The largest absolute Gasteiger partial charge is 0.461 e. The Morgan fingerprint density at radius 3 is 2.08 bits per heavy atom. The van der Waals surface area contributed by atoms with E-state index in [0.29, 0.717) is 0 Å². The van der Waals surface area contributed by atoms with Crippen LogP contribution in [0.5, 0.6) is 0 Å². The molecule has 1 aliphatic carbocycles. The van der Waals surface area contributed by atoms with Gasteiger partial charge in [0.15, 0.2) is 6.29 Å². The predicted octanol–water partition coefficient (Wildman–Crippen LogP) is 4.34. The van der Waals surface area contributed by atoms with E-state index in [2.05, 4.69) is 0 Å². The Labute approximate surface area is 222 Å². The second kappa shape index (κ2) is 9.50. The van der Waals surface area contributed by atoms with Crippen molar-refractivity contribution in [2.45, 2.75) is 71.2 Å². The number of rotatable bonds is 8. The van der Waals surface area contributed by atoms with Gasteiger partial charge in [0.25, 0.3) is 0 Å². The van der Waals surface area contributed by atoms with E-state index in [1.165, 1.54) is 7.11 Å². The number of benzene rings is 2. The highest BCUT2D eigenvalue weighted by atomic mass is 16.7. The minimum atomic E-state index is -1.48. The lowest BCUT2D eigenvalue weighted by molar-refractivity contribution is -0.430. The highest BCUT2D eigenvalue weighted by Crippen LogP contribution is 2.78. The molecule has 5 rings (SSSR count). The number of methoxy groups -OCH3 is 1. The summed E-state index contributed by atoms with van der Waals surface area (Å²) in [6.07, 6.45) is -1.93. The summed E-state index contributed by atoms with van der Waals surface area (Å²) >= 11 is 0. The van der Waals surface area contributed by atoms with Crippen LogP contribution in [0, 0.1) is 16.2 Å². The van der Waals surface area contributed by atoms with E-state index < -0.39 is 52.1 Å². The van der Waals surface area contributed by atoms with Crippen LogP contribution in [0.1, 0.15) is 51.2 Å². The van der Waals surface area contributed by atoms with Crippen molar-refractivity contribution >= 4 is 17.9 Å². The molecule has 0 N–H and O–H groups in total. The van der Waals surface area contributed by atoms with Gasteiger partial charge in [-0.25, -0.2) is 0 Å². The average Bonchev–Trinajstić information content (AvgIpc) is 3.30. The number of hydrogen-bond donors (Lipinski definition) is 0. The van der Waals surface area contributed by atoms with Gasteiger partial charge in [0.05, 0.1) is 23.9 Å². The van der Waals surface area contributed by atoms with Gasteiger partial charge >= 0.3 is 17.9 Å². The molecule has 202 valence electrons. The van der Waals surface area contributed by atoms with Crippen LogP contribution in [-0.2, 0) is 51.3 Å². The summed E-state index contributed by atoms with van der Waals surface area (Å²) in [5.41, 5.74) is -2.60. The molecule has 2 aromatic carbocycles. The van der Waals surface area contributed by atoms with Gasteiger partial charge in [-0.15, -0.1) is 0 Å². The molecule has 8 nitrogen and oxygen atoms in total. The zero-order valence-corrected chi connectivity index (χ0v) is 22.2.